The zero-order chi connectivity index (χ0) is 18.8. The van der Waals surface area contributed by atoms with Crippen LogP contribution < -0.4 is 10.9 Å². The van der Waals surface area contributed by atoms with Gasteiger partial charge in [0.25, 0.3) is 5.56 Å². The molecule has 0 aliphatic carbocycles. The van der Waals surface area contributed by atoms with Crippen molar-refractivity contribution in [2.24, 2.45) is 0 Å². The zero-order valence-electron chi connectivity index (χ0n) is 14.6. The molecule has 2 aromatic heterocycles. The van der Waals surface area contributed by atoms with Crippen LogP contribution in [-0.2, 0) is 17.9 Å². The number of nitrogens with zero attached hydrogens (tertiary/aromatic N) is 2. The molecule has 0 radical (unpaired) electrons. The maximum Gasteiger partial charge on any atom is 0.275 e. The zero-order valence-corrected chi connectivity index (χ0v) is 14.6. The highest BCUT2D eigenvalue weighted by Gasteiger charge is 2.12. The second-order valence-corrected chi connectivity index (χ2v) is 6.37. The van der Waals surface area contributed by atoms with E-state index in [0.717, 1.165) is 11.1 Å². The van der Waals surface area contributed by atoms with E-state index in [1.807, 2.05) is 30.3 Å². The molecule has 0 unspecified atom stereocenters. The lowest BCUT2D eigenvalue weighted by molar-refractivity contribution is -0.121. The Morgan fingerprint density at radius 1 is 0.963 bits per heavy atom. The van der Waals surface area contributed by atoms with E-state index in [2.05, 4.69) is 5.32 Å². The van der Waals surface area contributed by atoms with Crippen molar-refractivity contribution in [2.45, 2.75) is 19.5 Å². The number of carbonyl (C=O) groups excluding carboxylic acids is 1. The summed E-state index contributed by atoms with van der Waals surface area (Å²) in [5.74, 6) is -0.582. The van der Waals surface area contributed by atoms with Crippen LogP contribution in [0.1, 0.15) is 12.0 Å². The number of halogens is 1. The quantitative estimate of drug-likeness (QED) is 0.592. The van der Waals surface area contributed by atoms with Crippen LogP contribution in [-0.4, -0.2) is 14.9 Å². The summed E-state index contributed by atoms with van der Waals surface area (Å²) >= 11 is 0. The first-order chi connectivity index (χ1) is 13.1. The van der Waals surface area contributed by atoms with Crippen molar-refractivity contribution in [3.8, 4) is 0 Å². The second kappa shape index (κ2) is 7.07. The number of fused-ring (bicyclic) bond motifs is 3. The van der Waals surface area contributed by atoms with Crippen molar-refractivity contribution in [3.05, 3.63) is 88.6 Å². The molecule has 0 saturated carbocycles. The van der Waals surface area contributed by atoms with Crippen molar-refractivity contribution in [3.63, 3.8) is 0 Å². The van der Waals surface area contributed by atoms with Gasteiger partial charge >= 0.3 is 0 Å². The lowest BCUT2D eigenvalue weighted by atomic mass is 10.2. The van der Waals surface area contributed by atoms with Crippen molar-refractivity contribution in [1.82, 2.24) is 14.3 Å². The molecule has 6 heteroatoms. The topological polar surface area (TPSA) is 55.5 Å². The molecule has 136 valence electrons. The fourth-order valence-corrected chi connectivity index (χ4v) is 3.25. The van der Waals surface area contributed by atoms with Gasteiger partial charge in [0, 0.05) is 25.7 Å². The number of amides is 1. The Labute approximate surface area is 154 Å². The highest BCUT2D eigenvalue weighted by Crippen LogP contribution is 2.17. The molecule has 4 aromatic rings. The first-order valence-corrected chi connectivity index (χ1v) is 8.73. The number of aryl methyl sites for hydroxylation is 1. The number of hydrogen-bond acceptors (Lipinski definition) is 2. The lowest BCUT2D eigenvalue weighted by Gasteiger charge is -2.13. The molecule has 1 N–H and O–H groups in total. The Hall–Kier alpha value is -3.41. The molecule has 0 saturated heterocycles. The van der Waals surface area contributed by atoms with E-state index in [-0.39, 0.29) is 24.4 Å². The summed E-state index contributed by atoms with van der Waals surface area (Å²) in [5.41, 5.74) is 2.46. The molecule has 0 aliphatic heterocycles. The van der Waals surface area contributed by atoms with Gasteiger partial charge in [0.2, 0.25) is 5.91 Å². The minimum absolute atomic E-state index is 0.134. The summed E-state index contributed by atoms with van der Waals surface area (Å²) in [7, 11) is 0. The molecular weight excluding hydrogens is 345 g/mol. The van der Waals surface area contributed by atoms with E-state index in [9.17, 15) is 14.0 Å². The number of benzene rings is 2. The Kier molecular flexibility index (Phi) is 4.46. The second-order valence-electron chi connectivity index (χ2n) is 6.37. The van der Waals surface area contributed by atoms with Crippen LogP contribution in [0.5, 0.6) is 0 Å². The van der Waals surface area contributed by atoms with Gasteiger partial charge in [-0.05, 0) is 35.9 Å². The van der Waals surface area contributed by atoms with Crippen LogP contribution in [0, 0.1) is 5.82 Å². The molecule has 2 heterocycles. The predicted octanol–water partition coefficient (Wildman–Crippen LogP) is 3.10. The molecule has 4 rings (SSSR count). The third-order valence-corrected chi connectivity index (χ3v) is 4.60. The van der Waals surface area contributed by atoms with Crippen molar-refractivity contribution in [2.75, 3.05) is 0 Å². The molecular formula is C21H18FN3O2. The first-order valence-electron chi connectivity index (χ1n) is 8.73. The summed E-state index contributed by atoms with van der Waals surface area (Å²) in [6.45, 7) is 0.614. The fourth-order valence-electron chi connectivity index (χ4n) is 3.25. The number of hydrogen-bond donors (Lipinski definition) is 1. The number of nitrogens with one attached hydrogen (secondary N) is 1. The van der Waals surface area contributed by atoms with Crippen LogP contribution in [0.2, 0.25) is 0 Å². The van der Waals surface area contributed by atoms with Gasteiger partial charge in [-0.1, -0.05) is 30.3 Å². The monoisotopic (exact) mass is 363 g/mol. The highest BCUT2D eigenvalue weighted by atomic mass is 19.1. The van der Waals surface area contributed by atoms with E-state index in [4.69, 9.17) is 0 Å². The van der Waals surface area contributed by atoms with E-state index in [0.29, 0.717) is 17.6 Å². The van der Waals surface area contributed by atoms with E-state index in [1.165, 1.54) is 16.7 Å². The van der Waals surface area contributed by atoms with Gasteiger partial charge in [-0.25, -0.2) is 4.39 Å². The summed E-state index contributed by atoms with van der Waals surface area (Å²) in [5, 5.41) is 2.85. The smallest absolute Gasteiger partial charge is 0.275 e. The van der Waals surface area contributed by atoms with Crippen LogP contribution in [0.25, 0.3) is 16.6 Å². The van der Waals surface area contributed by atoms with Gasteiger partial charge in [-0.15, -0.1) is 0 Å². The molecule has 0 fully saturated rings. The highest BCUT2D eigenvalue weighted by molar-refractivity contribution is 5.80. The van der Waals surface area contributed by atoms with E-state index in [1.54, 1.807) is 28.8 Å². The van der Waals surface area contributed by atoms with Gasteiger partial charge in [-0.2, -0.15) is 0 Å². The number of carbonyl (C=O) groups is 1. The molecule has 0 atom stereocenters. The number of aromatic nitrogens is 2. The Bertz CT molecular complexity index is 1180. The van der Waals surface area contributed by atoms with Crippen LogP contribution in [0.3, 0.4) is 0 Å². The number of rotatable bonds is 5. The summed E-state index contributed by atoms with van der Waals surface area (Å²) in [6.07, 6.45) is 1.91. The Morgan fingerprint density at radius 2 is 1.78 bits per heavy atom. The normalized spacial score (nSPS) is 11.1. The van der Waals surface area contributed by atoms with Crippen molar-refractivity contribution in [1.29, 1.82) is 0 Å². The van der Waals surface area contributed by atoms with Gasteiger partial charge in [0.15, 0.2) is 0 Å². The van der Waals surface area contributed by atoms with Crippen molar-refractivity contribution >= 4 is 22.5 Å². The summed E-state index contributed by atoms with van der Waals surface area (Å²) < 4.78 is 17.0. The average molecular weight is 363 g/mol. The molecule has 0 bridgehead atoms. The third kappa shape index (κ3) is 3.33. The average Bonchev–Trinajstić information content (AvgIpc) is 3.17. The van der Waals surface area contributed by atoms with Crippen LogP contribution in [0.15, 0.2) is 71.7 Å². The third-order valence-electron chi connectivity index (χ3n) is 4.60. The summed E-state index contributed by atoms with van der Waals surface area (Å²) in [6, 6.07) is 17.4. The van der Waals surface area contributed by atoms with Gasteiger partial charge in [-0.3, -0.25) is 9.59 Å². The van der Waals surface area contributed by atoms with Gasteiger partial charge < -0.3 is 14.3 Å². The summed E-state index contributed by atoms with van der Waals surface area (Å²) in [4.78, 5) is 25.0. The Balaban J connectivity index is 1.59. The largest absolute Gasteiger partial charge is 0.352 e. The maximum absolute atomic E-state index is 13.8. The molecule has 2 aromatic carbocycles. The van der Waals surface area contributed by atoms with Crippen molar-refractivity contribution < 1.29 is 9.18 Å². The van der Waals surface area contributed by atoms with Crippen LogP contribution in [0.4, 0.5) is 4.39 Å². The first kappa shape index (κ1) is 17.0. The Morgan fingerprint density at radius 3 is 2.59 bits per heavy atom. The molecule has 0 aliphatic rings. The SMILES string of the molecule is O=C(CCn1c(=O)c2cccn2c2ccc(F)cc21)NCc1ccccc1. The molecule has 1 amide bonds. The van der Waals surface area contributed by atoms with E-state index < -0.39 is 5.82 Å². The predicted molar refractivity (Wildman–Crippen MR) is 102 cm³/mol. The lowest BCUT2D eigenvalue weighted by Crippen LogP contribution is -2.28. The standard InChI is InChI=1S/C21H18FN3O2/c22-16-8-9-17-19(13-16)25(21(27)18-7-4-11-24(17)18)12-10-20(26)23-14-15-5-2-1-3-6-15/h1-9,11,13H,10,12,14H2,(H,23,26). The minimum Gasteiger partial charge on any atom is -0.352 e. The van der Waals surface area contributed by atoms with E-state index >= 15 is 0 Å². The molecule has 0 spiro atoms. The minimum atomic E-state index is -0.421. The molecule has 27 heavy (non-hydrogen) atoms. The maximum atomic E-state index is 13.8. The fraction of sp³-hybridized carbons (Fsp3) is 0.143. The molecule has 5 nitrogen and oxygen atoms in total. The van der Waals surface area contributed by atoms with Crippen LogP contribution >= 0.6 is 0 Å². The van der Waals surface area contributed by atoms with Gasteiger partial charge in [0.05, 0.1) is 11.0 Å². The van der Waals surface area contributed by atoms with Gasteiger partial charge in [0.1, 0.15) is 11.3 Å².